The maximum atomic E-state index is 13.1. The number of nitrogens with zero attached hydrogens (tertiary/aromatic N) is 2. The lowest BCUT2D eigenvalue weighted by Gasteiger charge is -2.22. The number of nitrogens with two attached hydrogens (primary N) is 1. The minimum Gasteiger partial charge on any atom is -0.325 e. The van der Waals surface area contributed by atoms with Gasteiger partial charge in [-0.25, -0.2) is 8.78 Å². The third-order valence-corrected chi connectivity index (χ3v) is 2.72. The highest BCUT2D eigenvalue weighted by atomic mass is 19.3. The third-order valence-electron chi connectivity index (χ3n) is 2.72. The number of alkyl halides is 2. The molecule has 5 heteroatoms. The van der Waals surface area contributed by atoms with E-state index < -0.39 is 5.92 Å². The van der Waals surface area contributed by atoms with E-state index in [-0.39, 0.29) is 12.8 Å². The standard InChI is InChI=1S/C9H13F2N3/c1-14-8-4-9(10,11)3-2-6(8)7(5-12)13-14/h2-5,12H2,1H3. The van der Waals surface area contributed by atoms with Gasteiger partial charge in [-0.05, 0) is 12.0 Å². The van der Waals surface area contributed by atoms with Crippen molar-refractivity contribution in [3.8, 4) is 0 Å². The van der Waals surface area contributed by atoms with Crippen LogP contribution in [0.2, 0.25) is 0 Å². The summed E-state index contributed by atoms with van der Waals surface area (Å²) in [4.78, 5) is 0. The fourth-order valence-corrected chi connectivity index (χ4v) is 1.98. The molecule has 1 aromatic rings. The molecule has 2 rings (SSSR count). The summed E-state index contributed by atoms with van der Waals surface area (Å²) in [6, 6.07) is 0. The summed E-state index contributed by atoms with van der Waals surface area (Å²) in [5.41, 5.74) is 7.83. The molecule has 0 bridgehead atoms. The number of aromatic nitrogens is 2. The van der Waals surface area contributed by atoms with Gasteiger partial charge in [-0.1, -0.05) is 0 Å². The molecule has 3 nitrogen and oxygen atoms in total. The zero-order valence-electron chi connectivity index (χ0n) is 8.06. The van der Waals surface area contributed by atoms with Crippen LogP contribution in [0.25, 0.3) is 0 Å². The van der Waals surface area contributed by atoms with Gasteiger partial charge in [0.05, 0.1) is 12.1 Å². The summed E-state index contributed by atoms with van der Waals surface area (Å²) < 4.78 is 27.7. The van der Waals surface area contributed by atoms with Crippen molar-refractivity contribution in [3.05, 3.63) is 17.0 Å². The smallest absolute Gasteiger partial charge is 0.253 e. The fraction of sp³-hybridized carbons (Fsp3) is 0.667. The van der Waals surface area contributed by atoms with Crippen molar-refractivity contribution in [1.29, 1.82) is 0 Å². The van der Waals surface area contributed by atoms with Gasteiger partial charge in [0.15, 0.2) is 0 Å². The van der Waals surface area contributed by atoms with Crippen LogP contribution in [0.5, 0.6) is 0 Å². The molecule has 0 radical (unpaired) electrons. The van der Waals surface area contributed by atoms with Crippen LogP contribution in [-0.4, -0.2) is 15.7 Å². The third kappa shape index (κ3) is 1.41. The zero-order valence-corrected chi connectivity index (χ0v) is 8.06. The Morgan fingerprint density at radius 2 is 2.29 bits per heavy atom. The normalized spacial score (nSPS) is 19.4. The highest BCUT2D eigenvalue weighted by Gasteiger charge is 2.37. The van der Waals surface area contributed by atoms with Crippen LogP contribution in [0, 0.1) is 0 Å². The van der Waals surface area contributed by atoms with Crippen molar-refractivity contribution in [3.63, 3.8) is 0 Å². The van der Waals surface area contributed by atoms with Crippen LogP contribution in [0.3, 0.4) is 0 Å². The van der Waals surface area contributed by atoms with Gasteiger partial charge in [0.2, 0.25) is 0 Å². The van der Waals surface area contributed by atoms with E-state index in [1.165, 1.54) is 4.68 Å². The quantitative estimate of drug-likeness (QED) is 0.736. The first-order chi connectivity index (χ1) is 6.53. The van der Waals surface area contributed by atoms with Gasteiger partial charge >= 0.3 is 0 Å². The van der Waals surface area contributed by atoms with Crippen LogP contribution >= 0.6 is 0 Å². The Hall–Kier alpha value is -0.970. The highest BCUT2D eigenvalue weighted by molar-refractivity contribution is 5.30. The van der Waals surface area contributed by atoms with Crippen molar-refractivity contribution < 1.29 is 8.78 Å². The van der Waals surface area contributed by atoms with E-state index in [0.717, 1.165) is 11.3 Å². The number of halogens is 2. The molecule has 1 aliphatic carbocycles. The summed E-state index contributed by atoms with van der Waals surface area (Å²) >= 11 is 0. The second-order valence-electron chi connectivity index (χ2n) is 3.73. The summed E-state index contributed by atoms with van der Waals surface area (Å²) in [5.74, 6) is -2.58. The van der Waals surface area contributed by atoms with Crippen LogP contribution in [0.1, 0.15) is 23.4 Å². The van der Waals surface area contributed by atoms with Crippen LogP contribution < -0.4 is 5.73 Å². The van der Waals surface area contributed by atoms with Gasteiger partial charge in [-0.3, -0.25) is 4.68 Å². The summed E-state index contributed by atoms with van der Waals surface area (Å²) in [6.07, 6.45) is 0.104. The second-order valence-corrected chi connectivity index (χ2v) is 3.73. The first-order valence-electron chi connectivity index (χ1n) is 4.65. The molecule has 1 aromatic heterocycles. The maximum absolute atomic E-state index is 13.1. The van der Waals surface area contributed by atoms with Gasteiger partial charge in [0, 0.05) is 25.7 Å². The Morgan fingerprint density at radius 1 is 1.57 bits per heavy atom. The lowest BCUT2D eigenvalue weighted by molar-refractivity contribution is -0.0140. The van der Waals surface area contributed by atoms with Gasteiger partial charge in [-0.15, -0.1) is 0 Å². The van der Waals surface area contributed by atoms with E-state index in [1.54, 1.807) is 7.05 Å². The van der Waals surface area contributed by atoms with Crippen LogP contribution in [0.4, 0.5) is 8.78 Å². The molecule has 2 N–H and O–H groups in total. The molecule has 0 amide bonds. The van der Waals surface area contributed by atoms with E-state index >= 15 is 0 Å². The summed E-state index contributed by atoms with van der Waals surface area (Å²) in [7, 11) is 1.69. The lowest BCUT2D eigenvalue weighted by atomic mass is 9.93. The molecule has 1 heterocycles. The molecule has 0 fully saturated rings. The molecule has 0 aliphatic heterocycles. The molecule has 0 saturated carbocycles. The predicted octanol–water partition coefficient (Wildman–Crippen LogP) is 1.00. The first-order valence-corrected chi connectivity index (χ1v) is 4.65. The van der Waals surface area contributed by atoms with Gasteiger partial charge in [0.25, 0.3) is 5.92 Å². The molecule has 0 saturated heterocycles. The molecular weight excluding hydrogens is 188 g/mol. The Balaban J connectivity index is 2.43. The van der Waals surface area contributed by atoms with Crippen LogP contribution in [0.15, 0.2) is 0 Å². The minimum absolute atomic E-state index is 0.0846. The van der Waals surface area contributed by atoms with E-state index in [4.69, 9.17) is 5.73 Å². The maximum Gasteiger partial charge on any atom is 0.253 e. The molecule has 0 spiro atoms. The topological polar surface area (TPSA) is 43.8 Å². The second kappa shape index (κ2) is 3.02. The van der Waals surface area contributed by atoms with Crippen molar-refractivity contribution in [1.82, 2.24) is 9.78 Å². The molecular formula is C9H13F2N3. The minimum atomic E-state index is -2.58. The highest BCUT2D eigenvalue weighted by Crippen LogP contribution is 2.33. The average molecular weight is 201 g/mol. The van der Waals surface area contributed by atoms with Crippen molar-refractivity contribution in [2.24, 2.45) is 12.8 Å². The largest absolute Gasteiger partial charge is 0.325 e. The zero-order chi connectivity index (χ0) is 10.3. The predicted molar refractivity (Wildman–Crippen MR) is 48.1 cm³/mol. The molecule has 78 valence electrons. The van der Waals surface area contributed by atoms with Crippen molar-refractivity contribution >= 4 is 0 Å². The van der Waals surface area contributed by atoms with Crippen LogP contribution in [-0.2, 0) is 26.4 Å². The summed E-state index contributed by atoms with van der Waals surface area (Å²) in [5, 5.41) is 4.13. The van der Waals surface area contributed by atoms with Gasteiger partial charge in [0.1, 0.15) is 0 Å². The average Bonchev–Trinajstić information content (AvgIpc) is 2.41. The monoisotopic (exact) mass is 201 g/mol. The lowest BCUT2D eigenvalue weighted by Crippen LogP contribution is -2.27. The van der Waals surface area contributed by atoms with E-state index in [9.17, 15) is 8.78 Å². The first kappa shape index (κ1) is 9.58. The fourth-order valence-electron chi connectivity index (χ4n) is 1.98. The molecule has 14 heavy (non-hydrogen) atoms. The van der Waals surface area contributed by atoms with Gasteiger partial charge < -0.3 is 5.73 Å². The van der Waals surface area contributed by atoms with Crippen molar-refractivity contribution in [2.45, 2.75) is 31.7 Å². The summed E-state index contributed by atoms with van der Waals surface area (Å²) in [6.45, 7) is 0.328. The Bertz CT molecular complexity index is 357. The van der Waals surface area contributed by atoms with E-state index in [2.05, 4.69) is 5.10 Å². The number of hydrogen-bond acceptors (Lipinski definition) is 2. The number of aryl methyl sites for hydroxylation is 1. The number of fused-ring (bicyclic) bond motifs is 1. The molecule has 0 aromatic carbocycles. The molecule has 0 atom stereocenters. The van der Waals surface area contributed by atoms with E-state index in [0.29, 0.717) is 18.7 Å². The molecule has 1 aliphatic rings. The Labute approximate surface area is 80.9 Å². The molecule has 0 unspecified atom stereocenters. The Morgan fingerprint density at radius 3 is 2.93 bits per heavy atom. The van der Waals surface area contributed by atoms with Crippen molar-refractivity contribution in [2.75, 3.05) is 0 Å². The number of rotatable bonds is 1. The number of hydrogen-bond donors (Lipinski definition) is 1. The van der Waals surface area contributed by atoms with Gasteiger partial charge in [-0.2, -0.15) is 5.10 Å². The Kier molecular flexibility index (Phi) is 2.06. The SMILES string of the molecule is Cn1nc(CN)c2c1CC(F)(F)CC2. The van der Waals surface area contributed by atoms with E-state index in [1.807, 2.05) is 0 Å².